The Bertz CT molecular complexity index is 490. The molecular formula is C11H11FN2O3. The maximum absolute atomic E-state index is 13.3. The lowest BCUT2D eigenvalue weighted by atomic mass is 10.2. The second-order valence-electron chi connectivity index (χ2n) is 3.82. The Morgan fingerprint density at radius 2 is 2.29 bits per heavy atom. The summed E-state index contributed by atoms with van der Waals surface area (Å²) >= 11 is 0. The number of carbonyl (C=O) groups excluding carboxylic acids is 2. The fourth-order valence-corrected chi connectivity index (χ4v) is 1.57. The number of ether oxygens (including phenoxy) is 1. The van der Waals surface area contributed by atoms with E-state index in [4.69, 9.17) is 10.5 Å². The van der Waals surface area contributed by atoms with E-state index in [0.717, 1.165) is 0 Å². The first-order valence-electron chi connectivity index (χ1n) is 5.02. The van der Waals surface area contributed by atoms with E-state index in [2.05, 4.69) is 0 Å². The van der Waals surface area contributed by atoms with Crippen LogP contribution >= 0.6 is 0 Å². The molecule has 6 heteroatoms. The molecular weight excluding hydrogens is 227 g/mol. The van der Waals surface area contributed by atoms with Gasteiger partial charge in [0.2, 0.25) is 0 Å². The van der Waals surface area contributed by atoms with Gasteiger partial charge in [-0.2, -0.15) is 0 Å². The molecule has 0 saturated carbocycles. The molecule has 0 radical (unpaired) electrons. The van der Waals surface area contributed by atoms with E-state index in [0.29, 0.717) is 11.3 Å². The zero-order chi connectivity index (χ0) is 12.6. The van der Waals surface area contributed by atoms with Crippen LogP contribution in [0.5, 0.6) is 0 Å². The van der Waals surface area contributed by atoms with Gasteiger partial charge < -0.3 is 10.5 Å². The monoisotopic (exact) mass is 238 g/mol. The van der Waals surface area contributed by atoms with Gasteiger partial charge in [-0.15, -0.1) is 0 Å². The lowest BCUT2D eigenvalue weighted by molar-refractivity contribution is -0.124. The lowest BCUT2D eigenvalue weighted by Gasteiger charge is -2.13. The van der Waals surface area contributed by atoms with Crippen LogP contribution in [-0.2, 0) is 9.53 Å². The second-order valence-corrected chi connectivity index (χ2v) is 3.82. The minimum atomic E-state index is -0.980. The number of carbonyl (C=O) groups is 2. The van der Waals surface area contributed by atoms with E-state index < -0.39 is 23.9 Å². The topological polar surface area (TPSA) is 72.6 Å². The van der Waals surface area contributed by atoms with E-state index in [1.807, 2.05) is 0 Å². The molecule has 17 heavy (non-hydrogen) atoms. The Labute approximate surface area is 97.0 Å². The third-order valence-corrected chi connectivity index (χ3v) is 2.60. The van der Waals surface area contributed by atoms with Gasteiger partial charge in [0.25, 0.3) is 5.91 Å². The fraction of sp³-hybridized carbons (Fsp3) is 0.273. The normalized spacial score (nSPS) is 19.3. The highest BCUT2D eigenvalue weighted by molar-refractivity contribution is 5.95. The molecule has 2 amide bonds. The number of halogens is 1. The summed E-state index contributed by atoms with van der Waals surface area (Å²) in [5.41, 5.74) is 5.87. The average molecular weight is 238 g/mol. The van der Waals surface area contributed by atoms with Gasteiger partial charge in [0, 0.05) is 0 Å². The van der Waals surface area contributed by atoms with Crippen LogP contribution in [0.3, 0.4) is 0 Å². The van der Waals surface area contributed by atoms with Crippen molar-refractivity contribution in [2.75, 3.05) is 11.4 Å². The molecule has 90 valence electrons. The predicted molar refractivity (Wildman–Crippen MR) is 57.9 cm³/mol. The molecule has 0 spiro atoms. The van der Waals surface area contributed by atoms with Crippen LogP contribution in [0.1, 0.15) is 5.56 Å². The summed E-state index contributed by atoms with van der Waals surface area (Å²) in [5.74, 6) is -1.13. The number of nitrogens with two attached hydrogens (primary N) is 1. The minimum absolute atomic E-state index is 0.0106. The van der Waals surface area contributed by atoms with Crippen LogP contribution in [0, 0.1) is 12.7 Å². The molecule has 1 aromatic rings. The smallest absolute Gasteiger partial charge is 0.415 e. The van der Waals surface area contributed by atoms with Gasteiger partial charge in [0.1, 0.15) is 5.82 Å². The molecule has 0 aromatic heterocycles. The van der Waals surface area contributed by atoms with E-state index in [9.17, 15) is 14.0 Å². The molecule has 2 N–H and O–H groups in total. The maximum atomic E-state index is 13.3. The Balaban J connectivity index is 2.26. The summed E-state index contributed by atoms with van der Waals surface area (Å²) in [7, 11) is 0. The molecule has 2 rings (SSSR count). The van der Waals surface area contributed by atoms with Gasteiger partial charge >= 0.3 is 6.09 Å². The highest BCUT2D eigenvalue weighted by Gasteiger charge is 2.35. The molecule has 1 atom stereocenters. The van der Waals surface area contributed by atoms with Gasteiger partial charge in [-0.1, -0.05) is 6.07 Å². The van der Waals surface area contributed by atoms with Crippen molar-refractivity contribution in [3.05, 3.63) is 29.6 Å². The first-order valence-corrected chi connectivity index (χ1v) is 5.02. The average Bonchev–Trinajstić information content (AvgIpc) is 2.65. The SMILES string of the molecule is Cc1ccc(N2C[C@H](C(N)=O)OC2=O)cc1F. The van der Waals surface area contributed by atoms with Crippen molar-refractivity contribution in [3.63, 3.8) is 0 Å². The van der Waals surface area contributed by atoms with Gasteiger partial charge in [-0.05, 0) is 24.6 Å². The maximum Gasteiger partial charge on any atom is 0.415 e. The summed E-state index contributed by atoms with van der Waals surface area (Å²) in [4.78, 5) is 23.5. The van der Waals surface area contributed by atoms with Crippen LogP contribution in [0.15, 0.2) is 18.2 Å². The van der Waals surface area contributed by atoms with Crippen molar-refractivity contribution in [2.24, 2.45) is 5.73 Å². The van der Waals surface area contributed by atoms with Crippen molar-refractivity contribution < 1.29 is 18.7 Å². The minimum Gasteiger partial charge on any atom is -0.434 e. The molecule has 0 aliphatic carbocycles. The van der Waals surface area contributed by atoms with Crippen LogP contribution < -0.4 is 10.6 Å². The molecule has 5 nitrogen and oxygen atoms in total. The Morgan fingerprint density at radius 1 is 1.59 bits per heavy atom. The highest BCUT2D eigenvalue weighted by Crippen LogP contribution is 2.23. The van der Waals surface area contributed by atoms with Gasteiger partial charge in [0.05, 0.1) is 12.2 Å². The first kappa shape index (κ1) is 11.4. The Kier molecular flexibility index (Phi) is 2.71. The standard InChI is InChI=1S/C11H11FN2O3/c1-6-2-3-7(4-8(6)12)14-5-9(10(13)15)17-11(14)16/h2-4,9H,5H2,1H3,(H2,13,15)/t9-/m1/s1. The van der Waals surface area contributed by atoms with Crippen molar-refractivity contribution >= 4 is 17.7 Å². The van der Waals surface area contributed by atoms with Crippen LogP contribution in [0.25, 0.3) is 0 Å². The van der Waals surface area contributed by atoms with E-state index in [1.54, 1.807) is 19.1 Å². The number of hydrogen-bond donors (Lipinski definition) is 1. The zero-order valence-corrected chi connectivity index (χ0v) is 9.14. The number of benzene rings is 1. The van der Waals surface area contributed by atoms with E-state index in [-0.39, 0.29) is 6.54 Å². The van der Waals surface area contributed by atoms with Crippen molar-refractivity contribution in [1.29, 1.82) is 0 Å². The summed E-state index contributed by atoms with van der Waals surface area (Å²) in [6.45, 7) is 1.63. The lowest BCUT2D eigenvalue weighted by Crippen LogP contribution is -2.32. The van der Waals surface area contributed by atoms with Crippen LogP contribution in [0.2, 0.25) is 0 Å². The largest absolute Gasteiger partial charge is 0.434 e. The van der Waals surface area contributed by atoms with Crippen molar-refractivity contribution in [3.8, 4) is 0 Å². The van der Waals surface area contributed by atoms with Gasteiger partial charge in [-0.3, -0.25) is 9.69 Å². The summed E-state index contributed by atoms with van der Waals surface area (Å²) in [6.07, 6.45) is -1.68. The zero-order valence-electron chi connectivity index (χ0n) is 9.14. The van der Waals surface area contributed by atoms with Gasteiger partial charge in [-0.25, -0.2) is 9.18 Å². The number of aryl methyl sites for hydroxylation is 1. The summed E-state index contributed by atoms with van der Waals surface area (Å²) in [5, 5.41) is 0. The number of primary amides is 1. The Hall–Kier alpha value is -2.11. The predicted octanol–water partition coefficient (Wildman–Crippen LogP) is 0.945. The molecule has 1 heterocycles. The van der Waals surface area contributed by atoms with Gasteiger partial charge in [0.15, 0.2) is 6.10 Å². The molecule has 1 fully saturated rings. The molecule has 1 aromatic carbocycles. The number of nitrogens with zero attached hydrogens (tertiary/aromatic N) is 1. The van der Waals surface area contributed by atoms with E-state index >= 15 is 0 Å². The van der Waals surface area contributed by atoms with Crippen LogP contribution in [-0.4, -0.2) is 24.6 Å². The number of rotatable bonds is 2. The van der Waals surface area contributed by atoms with Crippen LogP contribution in [0.4, 0.5) is 14.9 Å². The third kappa shape index (κ3) is 2.06. The molecule has 1 saturated heterocycles. The fourth-order valence-electron chi connectivity index (χ4n) is 1.57. The quantitative estimate of drug-likeness (QED) is 0.833. The number of cyclic esters (lactones) is 1. The third-order valence-electron chi connectivity index (χ3n) is 2.60. The first-order chi connectivity index (χ1) is 7.99. The molecule has 0 unspecified atom stereocenters. The molecule has 1 aliphatic heterocycles. The number of hydrogen-bond acceptors (Lipinski definition) is 3. The summed E-state index contributed by atoms with van der Waals surface area (Å²) < 4.78 is 18.1. The number of amides is 2. The number of anilines is 1. The second kappa shape index (κ2) is 4.04. The highest BCUT2D eigenvalue weighted by atomic mass is 19.1. The summed E-state index contributed by atoms with van der Waals surface area (Å²) in [6, 6.07) is 4.36. The Morgan fingerprint density at radius 3 is 2.82 bits per heavy atom. The molecule has 1 aliphatic rings. The van der Waals surface area contributed by atoms with Crippen molar-refractivity contribution in [1.82, 2.24) is 0 Å². The molecule has 0 bridgehead atoms. The van der Waals surface area contributed by atoms with E-state index in [1.165, 1.54) is 11.0 Å². The van der Waals surface area contributed by atoms with Crippen molar-refractivity contribution in [2.45, 2.75) is 13.0 Å².